The van der Waals surface area contributed by atoms with Gasteiger partial charge in [0.05, 0.1) is 5.01 Å². The average Bonchev–Trinajstić information content (AvgIpc) is 2.73. The van der Waals surface area contributed by atoms with E-state index in [9.17, 15) is 0 Å². The fourth-order valence-corrected chi connectivity index (χ4v) is 2.37. The molecule has 0 saturated carbocycles. The Kier molecular flexibility index (Phi) is 4.12. The molecule has 1 atom stereocenters. The number of ether oxygens (including phenoxy) is 1. The molecule has 1 aromatic heterocycles. The van der Waals surface area contributed by atoms with E-state index >= 15 is 0 Å². The van der Waals surface area contributed by atoms with Crippen LogP contribution in [0.15, 0.2) is 35.7 Å². The van der Waals surface area contributed by atoms with Gasteiger partial charge in [-0.25, -0.2) is 4.98 Å². The fraction of sp³-hybridized carbons (Fsp3) is 0.308. The van der Waals surface area contributed by atoms with Crippen LogP contribution >= 0.6 is 11.3 Å². The summed E-state index contributed by atoms with van der Waals surface area (Å²) in [6.45, 7) is 2.51. The maximum atomic E-state index is 6.00. The van der Waals surface area contributed by atoms with Crippen molar-refractivity contribution in [1.82, 2.24) is 4.98 Å². The molecule has 17 heavy (non-hydrogen) atoms. The average molecular weight is 248 g/mol. The van der Waals surface area contributed by atoms with E-state index in [1.54, 1.807) is 11.3 Å². The highest BCUT2D eigenvalue weighted by Gasteiger charge is 2.07. The van der Waals surface area contributed by atoms with Crippen LogP contribution < -0.4 is 10.5 Å². The van der Waals surface area contributed by atoms with Gasteiger partial charge in [0.25, 0.3) is 0 Å². The van der Waals surface area contributed by atoms with Gasteiger partial charge in [-0.3, -0.25) is 0 Å². The molecule has 0 aliphatic rings. The summed E-state index contributed by atoms with van der Waals surface area (Å²) in [5, 5.41) is 3.12. The van der Waals surface area contributed by atoms with Crippen molar-refractivity contribution in [3.05, 3.63) is 46.4 Å². The zero-order valence-corrected chi connectivity index (χ0v) is 10.6. The summed E-state index contributed by atoms with van der Waals surface area (Å²) < 4.78 is 5.60. The Bertz CT molecular complexity index is 455. The van der Waals surface area contributed by atoms with Crippen molar-refractivity contribution in [3.63, 3.8) is 0 Å². The number of aromatic nitrogens is 1. The van der Waals surface area contributed by atoms with Gasteiger partial charge < -0.3 is 10.5 Å². The van der Waals surface area contributed by atoms with Crippen molar-refractivity contribution in [2.24, 2.45) is 5.73 Å². The lowest BCUT2D eigenvalue weighted by Gasteiger charge is -2.11. The molecule has 0 amide bonds. The first-order chi connectivity index (χ1) is 8.24. The van der Waals surface area contributed by atoms with Gasteiger partial charge in [0.2, 0.25) is 0 Å². The molecular weight excluding hydrogens is 232 g/mol. The SMILES string of the molecule is Cc1csc(CC(N)COc2ccccc2)n1. The van der Waals surface area contributed by atoms with Gasteiger partial charge in [-0.2, -0.15) is 0 Å². The molecule has 0 saturated heterocycles. The number of nitrogens with two attached hydrogens (primary N) is 1. The summed E-state index contributed by atoms with van der Waals surface area (Å²) in [7, 11) is 0. The molecule has 2 N–H and O–H groups in total. The highest BCUT2D eigenvalue weighted by Crippen LogP contribution is 2.12. The van der Waals surface area contributed by atoms with Crippen molar-refractivity contribution in [2.45, 2.75) is 19.4 Å². The van der Waals surface area contributed by atoms with Crippen LogP contribution in [0.4, 0.5) is 0 Å². The van der Waals surface area contributed by atoms with Gasteiger partial charge in [0.15, 0.2) is 0 Å². The van der Waals surface area contributed by atoms with Gasteiger partial charge in [0, 0.05) is 23.5 Å². The molecular formula is C13H16N2OS. The molecule has 0 aliphatic carbocycles. The number of rotatable bonds is 5. The molecule has 0 fully saturated rings. The maximum Gasteiger partial charge on any atom is 0.119 e. The van der Waals surface area contributed by atoms with Crippen LogP contribution in [0, 0.1) is 6.92 Å². The van der Waals surface area contributed by atoms with Crippen LogP contribution in [0.25, 0.3) is 0 Å². The fourth-order valence-electron chi connectivity index (χ4n) is 1.50. The third-order valence-electron chi connectivity index (χ3n) is 2.31. The molecule has 1 unspecified atom stereocenters. The number of hydrogen-bond donors (Lipinski definition) is 1. The Morgan fingerprint density at radius 3 is 2.76 bits per heavy atom. The largest absolute Gasteiger partial charge is 0.492 e. The molecule has 2 rings (SSSR count). The van der Waals surface area contributed by atoms with E-state index < -0.39 is 0 Å². The number of benzene rings is 1. The molecule has 4 heteroatoms. The van der Waals surface area contributed by atoms with Gasteiger partial charge in [0.1, 0.15) is 12.4 Å². The third-order valence-corrected chi connectivity index (χ3v) is 3.30. The minimum Gasteiger partial charge on any atom is -0.492 e. The predicted molar refractivity (Wildman–Crippen MR) is 70.5 cm³/mol. The molecule has 2 aromatic rings. The quantitative estimate of drug-likeness (QED) is 0.884. The smallest absolute Gasteiger partial charge is 0.119 e. The minimum atomic E-state index is -0.0132. The predicted octanol–water partition coefficient (Wildman–Crippen LogP) is 2.40. The molecule has 0 radical (unpaired) electrons. The normalized spacial score (nSPS) is 12.4. The van der Waals surface area contributed by atoms with Crippen LogP contribution in [0.3, 0.4) is 0 Å². The first-order valence-electron chi connectivity index (χ1n) is 5.58. The Balaban J connectivity index is 1.80. The minimum absolute atomic E-state index is 0.0132. The van der Waals surface area contributed by atoms with E-state index in [2.05, 4.69) is 4.98 Å². The van der Waals surface area contributed by atoms with Crippen LogP contribution in [0.2, 0.25) is 0 Å². The molecule has 1 aromatic carbocycles. The van der Waals surface area contributed by atoms with Crippen LogP contribution in [-0.4, -0.2) is 17.6 Å². The van der Waals surface area contributed by atoms with Gasteiger partial charge >= 0.3 is 0 Å². The van der Waals surface area contributed by atoms with Crippen molar-refractivity contribution < 1.29 is 4.74 Å². The summed E-state index contributed by atoms with van der Waals surface area (Å²) in [6, 6.07) is 9.71. The van der Waals surface area contributed by atoms with Crippen molar-refractivity contribution in [3.8, 4) is 5.75 Å². The Morgan fingerprint density at radius 2 is 2.12 bits per heavy atom. The summed E-state index contributed by atoms with van der Waals surface area (Å²) in [4.78, 5) is 4.39. The first kappa shape index (κ1) is 12.1. The van der Waals surface area contributed by atoms with Gasteiger partial charge in [-0.1, -0.05) is 18.2 Å². The van der Waals surface area contributed by atoms with E-state index in [-0.39, 0.29) is 6.04 Å². The molecule has 90 valence electrons. The second-order valence-corrected chi connectivity index (χ2v) is 4.91. The summed E-state index contributed by atoms with van der Waals surface area (Å²) >= 11 is 1.65. The molecule has 0 spiro atoms. The zero-order valence-electron chi connectivity index (χ0n) is 9.80. The maximum absolute atomic E-state index is 6.00. The Morgan fingerprint density at radius 1 is 1.35 bits per heavy atom. The number of hydrogen-bond acceptors (Lipinski definition) is 4. The van der Waals surface area contributed by atoms with E-state index in [0.29, 0.717) is 6.61 Å². The monoisotopic (exact) mass is 248 g/mol. The lowest BCUT2D eigenvalue weighted by Crippen LogP contribution is -2.30. The number of nitrogens with zero attached hydrogens (tertiary/aromatic N) is 1. The second kappa shape index (κ2) is 5.80. The Labute approximate surface area is 105 Å². The van der Waals surface area contributed by atoms with Crippen molar-refractivity contribution >= 4 is 11.3 Å². The lowest BCUT2D eigenvalue weighted by atomic mass is 10.2. The highest BCUT2D eigenvalue weighted by atomic mass is 32.1. The van der Waals surface area contributed by atoms with Crippen LogP contribution in [0.5, 0.6) is 5.75 Å². The van der Waals surface area contributed by atoms with E-state index in [0.717, 1.165) is 22.9 Å². The van der Waals surface area contributed by atoms with Gasteiger partial charge in [-0.05, 0) is 19.1 Å². The third kappa shape index (κ3) is 3.84. The first-order valence-corrected chi connectivity index (χ1v) is 6.46. The second-order valence-electron chi connectivity index (χ2n) is 3.97. The summed E-state index contributed by atoms with van der Waals surface area (Å²) in [5.41, 5.74) is 7.06. The standard InChI is InChI=1S/C13H16N2OS/c1-10-9-17-13(15-10)7-11(14)8-16-12-5-3-2-4-6-12/h2-6,9,11H,7-8,14H2,1H3. The number of aryl methyl sites for hydroxylation is 1. The van der Waals surface area contributed by atoms with E-state index in [1.165, 1.54) is 0 Å². The Hall–Kier alpha value is -1.39. The molecule has 0 bridgehead atoms. The van der Waals surface area contributed by atoms with Crippen molar-refractivity contribution in [2.75, 3.05) is 6.61 Å². The number of thiazole rings is 1. The summed E-state index contributed by atoms with van der Waals surface area (Å²) in [6.07, 6.45) is 0.769. The van der Waals surface area contributed by atoms with Crippen molar-refractivity contribution in [1.29, 1.82) is 0 Å². The number of para-hydroxylation sites is 1. The molecule has 3 nitrogen and oxygen atoms in total. The van der Waals surface area contributed by atoms with E-state index in [1.807, 2.05) is 42.6 Å². The van der Waals surface area contributed by atoms with Gasteiger partial charge in [-0.15, -0.1) is 11.3 Å². The molecule has 1 heterocycles. The van der Waals surface area contributed by atoms with Crippen LogP contribution in [0.1, 0.15) is 10.7 Å². The summed E-state index contributed by atoms with van der Waals surface area (Å²) in [5.74, 6) is 0.860. The van der Waals surface area contributed by atoms with E-state index in [4.69, 9.17) is 10.5 Å². The zero-order chi connectivity index (χ0) is 12.1. The molecule has 0 aliphatic heterocycles. The topological polar surface area (TPSA) is 48.1 Å². The lowest BCUT2D eigenvalue weighted by molar-refractivity contribution is 0.287. The highest BCUT2D eigenvalue weighted by molar-refractivity contribution is 7.09. The van der Waals surface area contributed by atoms with Crippen LogP contribution in [-0.2, 0) is 6.42 Å².